The van der Waals surface area contributed by atoms with Gasteiger partial charge in [0.05, 0.1) is 12.7 Å². The first-order chi connectivity index (χ1) is 8.70. The van der Waals surface area contributed by atoms with E-state index < -0.39 is 0 Å². The highest BCUT2D eigenvalue weighted by Gasteiger charge is 2.21. The van der Waals surface area contributed by atoms with Crippen molar-refractivity contribution in [2.75, 3.05) is 13.2 Å². The molecule has 0 radical (unpaired) electrons. The van der Waals surface area contributed by atoms with Crippen LogP contribution >= 0.6 is 0 Å². The third-order valence-electron chi connectivity index (χ3n) is 3.41. The summed E-state index contributed by atoms with van der Waals surface area (Å²) in [6, 6.07) is 6.20. The third kappa shape index (κ3) is 3.24. The molecule has 0 spiro atoms. The Bertz CT molecular complexity index is 386. The van der Waals surface area contributed by atoms with Crippen LogP contribution in [0.2, 0.25) is 0 Å². The molecule has 0 amide bonds. The van der Waals surface area contributed by atoms with Crippen LogP contribution in [0, 0.1) is 6.92 Å². The van der Waals surface area contributed by atoms with Crippen LogP contribution in [-0.4, -0.2) is 19.3 Å². The summed E-state index contributed by atoms with van der Waals surface area (Å²) in [5, 5.41) is 0. The number of nitrogens with two attached hydrogens (primary N) is 1. The molecular formula is C15H23NO2. The van der Waals surface area contributed by atoms with Gasteiger partial charge >= 0.3 is 0 Å². The highest BCUT2D eigenvalue weighted by molar-refractivity contribution is 5.39. The normalized spacial score (nSPS) is 20.9. The van der Waals surface area contributed by atoms with Crippen molar-refractivity contribution >= 4 is 0 Å². The molecule has 1 saturated heterocycles. The predicted molar refractivity (Wildman–Crippen MR) is 72.9 cm³/mol. The predicted octanol–water partition coefficient (Wildman–Crippen LogP) is 2.96. The molecule has 100 valence electrons. The topological polar surface area (TPSA) is 44.5 Å². The van der Waals surface area contributed by atoms with Crippen LogP contribution in [0.4, 0.5) is 0 Å². The molecule has 2 unspecified atom stereocenters. The van der Waals surface area contributed by atoms with Crippen LogP contribution < -0.4 is 10.5 Å². The molecule has 1 aliphatic heterocycles. The lowest BCUT2D eigenvalue weighted by Gasteiger charge is -2.20. The van der Waals surface area contributed by atoms with E-state index in [1.807, 2.05) is 13.0 Å². The summed E-state index contributed by atoms with van der Waals surface area (Å²) in [7, 11) is 0. The van der Waals surface area contributed by atoms with Crippen LogP contribution in [0.15, 0.2) is 18.2 Å². The lowest BCUT2D eigenvalue weighted by molar-refractivity contribution is 0.0980. The molecule has 0 saturated carbocycles. The molecule has 3 heteroatoms. The summed E-state index contributed by atoms with van der Waals surface area (Å²) in [5.41, 5.74) is 8.64. The van der Waals surface area contributed by atoms with Gasteiger partial charge < -0.3 is 15.2 Å². The second kappa shape index (κ2) is 6.21. The fraction of sp³-hybridized carbons (Fsp3) is 0.600. The van der Waals surface area contributed by atoms with Crippen LogP contribution in [-0.2, 0) is 4.74 Å². The van der Waals surface area contributed by atoms with E-state index in [0.29, 0.717) is 12.7 Å². The molecule has 0 bridgehead atoms. The summed E-state index contributed by atoms with van der Waals surface area (Å²) in [6.07, 6.45) is 3.48. The molecule has 1 aromatic rings. The molecule has 2 atom stereocenters. The summed E-state index contributed by atoms with van der Waals surface area (Å²) in [6.45, 7) is 5.62. The first kappa shape index (κ1) is 13.4. The van der Waals surface area contributed by atoms with Crippen LogP contribution in [0.1, 0.15) is 43.4 Å². The molecule has 3 nitrogen and oxygen atoms in total. The Kier molecular flexibility index (Phi) is 4.61. The van der Waals surface area contributed by atoms with Gasteiger partial charge in [-0.3, -0.25) is 0 Å². The molecule has 1 aliphatic rings. The number of benzene rings is 1. The molecule has 2 rings (SSSR count). The highest BCUT2D eigenvalue weighted by Crippen LogP contribution is 2.30. The van der Waals surface area contributed by atoms with Gasteiger partial charge in [0, 0.05) is 18.2 Å². The Morgan fingerprint density at radius 3 is 3.00 bits per heavy atom. The van der Waals surface area contributed by atoms with E-state index in [-0.39, 0.29) is 6.04 Å². The monoisotopic (exact) mass is 249 g/mol. The quantitative estimate of drug-likeness (QED) is 0.872. The van der Waals surface area contributed by atoms with E-state index in [1.54, 1.807) is 0 Å². The van der Waals surface area contributed by atoms with Crippen molar-refractivity contribution in [2.24, 2.45) is 5.73 Å². The SMILES string of the molecule is CCOc1ccc(C)cc1C(N)CC1CCCO1. The lowest BCUT2D eigenvalue weighted by atomic mass is 9.98. The fourth-order valence-electron chi connectivity index (χ4n) is 2.49. The number of ether oxygens (including phenoxy) is 2. The van der Waals surface area contributed by atoms with E-state index in [2.05, 4.69) is 19.1 Å². The minimum absolute atomic E-state index is 0.00505. The largest absolute Gasteiger partial charge is 0.494 e. The minimum Gasteiger partial charge on any atom is -0.494 e. The maximum atomic E-state index is 6.31. The first-order valence-electron chi connectivity index (χ1n) is 6.81. The maximum absolute atomic E-state index is 6.31. The van der Waals surface area contributed by atoms with Gasteiger partial charge in [0.15, 0.2) is 0 Å². The van der Waals surface area contributed by atoms with Crippen LogP contribution in [0.3, 0.4) is 0 Å². The second-order valence-corrected chi connectivity index (χ2v) is 4.95. The zero-order valence-corrected chi connectivity index (χ0v) is 11.3. The molecule has 0 aromatic heterocycles. The summed E-state index contributed by atoms with van der Waals surface area (Å²) in [4.78, 5) is 0. The van der Waals surface area contributed by atoms with Gasteiger partial charge in [-0.2, -0.15) is 0 Å². The molecule has 2 N–H and O–H groups in total. The van der Waals surface area contributed by atoms with Crippen molar-refractivity contribution in [3.05, 3.63) is 29.3 Å². The average molecular weight is 249 g/mol. The van der Waals surface area contributed by atoms with E-state index in [9.17, 15) is 0 Å². The van der Waals surface area contributed by atoms with Gasteiger partial charge in [-0.25, -0.2) is 0 Å². The minimum atomic E-state index is -0.00505. The van der Waals surface area contributed by atoms with Gasteiger partial charge in [-0.15, -0.1) is 0 Å². The first-order valence-corrected chi connectivity index (χ1v) is 6.81. The summed E-state index contributed by atoms with van der Waals surface area (Å²) < 4.78 is 11.3. The Morgan fingerprint density at radius 1 is 1.50 bits per heavy atom. The zero-order chi connectivity index (χ0) is 13.0. The van der Waals surface area contributed by atoms with E-state index in [1.165, 1.54) is 5.56 Å². The zero-order valence-electron chi connectivity index (χ0n) is 11.3. The average Bonchev–Trinajstić information content (AvgIpc) is 2.84. The molecule has 18 heavy (non-hydrogen) atoms. The van der Waals surface area contributed by atoms with E-state index in [4.69, 9.17) is 15.2 Å². The van der Waals surface area contributed by atoms with Crippen molar-refractivity contribution in [3.8, 4) is 5.75 Å². The van der Waals surface area contributed by atoms with Crippen molar-refractivity contribution in [3.63, 3.8) is 0 Å². The van der Waals surface area contributed by atoms with Crippen LogP contribution in [0.25, 0.3) is 0 Å². The van der Waals surface area contributed by atoms with Gasteiger partial charge in [-0.05, 0) is 39.2 Å². The van der Waals surface area contributed by atoms with Gasteiger partial charge in [0.25, 0.3) is 0 Å². The smallest absolute Gasteiger partial charge is 0.124 e. The van der Waals surface area contributed by atoms with Crippen molar-refractivity contribution in [1.82, 2.24) is 0 Å². The molecule has 1 fully saturated rings. The molecule has 1 aromatic carbocycles. The van der Waals surface area contributed by atoms with Crippen molar-refractivity contribution < 1.29 is 9.47 Å². The number of rotatable bonds is 5. The van der Waals surface area contributed by atoms with Gasteiger partial charge in [0.2, 0.25) is 0 Å². The summed E-state index contributed by atoms with van der Waals surface area (Å²) in [5.74, 6) is 0.911. The van der Waals surface area contributed by atoms with Gasteiger partial charge in [0.1, 0.15) is 5.75 Å². The fourth-order valence-corrected chi connectivity index (χ4v) is 2.49. The second-order valence-electron chi connectivity index (χ2n) is 4.95. The van der Waals surface area contributed by atoms with Gasteiger partial charge in [-0.1, -0.05) is 17.7 Å². The maximum Gasteiger partial charge on any atom is 0.124 e. The highest BCUT2D eigenvalue weighted by atomic mass is 16.5. The number of hydrogen-bond acceptors (Lipinski definition) is 3. The Morgan fingerprint density at radius 2 is 2.33 bits per heavy atom. The summed E-state index contributed by atoms with van der Waals surface area (Å²) >= 11 is 0. The van der Waals surface area contributed by atoms with E-state index >= 15 is 0 Å². The number of hydrogen-bond donors (Lipinski definition) is 1. The Labute approximate surface area is 109 Å². The number of aryl methyl sites for hydroxylation is 1. The van der Waals surface area contributed by atoms with Crippen LogP contribution in [0.5, 0.6) is 5.75 Å². The third-order valence-corrected chi connectivity index (χ3v) is 3.41. The molecule has 0 aliphatic carbocycles. The van der Waals surface area contributed by atoms with E-state index in [0.717, 1.165) is 37.2 Å². The van der Waals surface area contributed by atoms with Crippen molar-refractivity contribution in [2.45, 2.75) is 45.3 Å². The Balaban J connectivity index is 2.11. The molecular weight excluding hydrogens is 226 g/mol. The lowest BCUT2D eigenvalue weighted by Crippen LogP contribution is -2.19. The Hall–Kier alpha value is -1.06. The molecule has 1 heterocycles. The standard InChI is InChI=1S/C15H23NO2/c1-3-17-15-7-6-11(2)9-13(15)14(16)10-12-5-4-8-18-12/h6-7,9,12,14H,3-5,8,10,16H2,1-2H3. The van der Waals surface area contributed by atoms with Crippen molar-refractivity contribution in [1.29, 1.82) is 0 Å².